The third-order valence-corrected chi connectivity index (χ3v) is 2.59. The first-order valence-corrected chi connectivity index (χ1v) is 5.41. The van der Waals surface area contributed by atoms with E-state index in [0.29, 0.717) is 12.4 Å². The van der Waals surface area contributed by atoms with Crippen LogP contribution in [0.2, 0.25) is 0 Å². The molecule has 0 atom stereocenters. The summed E-state index contributed by atoms with van der Waals surface area (Å²) in [6.45, 7) is 3.62. The molecule has 0 aliphatic heterocycles. The Labute approximate surface area is 92.8 Å². The highest BCUT2D eigenvalue weighted by Gasteiger charge is 2.03. The Bertz CT molecular complexity index is 335. The summed E-state index contributed by atoms with van der Waals surface area (Å²) in [5.41, 5.74) is 0. The van der Waals surface area contributed by atoms with E-state index in [1.807, 2.05) is 30.3 Å². The number of aliphatic carboxylic acids is 1. The summed E-state index contributed by atoms with van der Waals surface area (Å²) in [6, 6.07) is 9.86. The van der Waals surface area contributed by atoms with Gasteiger partial charge in [0.25, 0.3) is 0 Å². The lowest BCUT2D eigenvalue weighted by atomic mass is 10.4. The molecule has 1 aromatic carbocycles. The number of carboxylic acid groups (broad SMARTS) is 1. The second-order valence-electron chi connectivity index (χ2n) is 2.74. The average Bonchev–Trinajstić information content (AvgIpc) is 2.25. The minimum Gasteiger partial charge on any atom is -0.486 e. The molecule has 1 N–H and O–H groups in total. The van der Waals surface area contributed by atoms with Crippen molar-refractivity contribution in [3.8, 4) is 0 Å². The van der Waals surface area contributed by atoms with Crippen LogP contribution in [0.5, 0.6) is 0 Å². The monoisotopic (exact) mass is 224 g/mol. The van der Waals surface area contributed by atoms with Gasteiger partial charge in [-0.3, -0.25) is 0 Å². The zero-order valence-electron chi connectivity index (χ0n) is 8.18. The van der Waals surface area contributed by atoms with Gasteiger partial charge in [0.1, 0.15) is 0 Å². The van der Waals surface area contributed by atoms with Crippen LogP contribution in [-0.2, 0) is 9.53 Å². The SMILES string of the molecule is C=C(OCCSc1ccccc1)C(=O)O. The van der Waals surface area contributed by atoms with Gasteiger partial charge < -0.3 is 9.84 Å². The molecule has 0 amide bonds. The van der Waals surface area contributed by atoms with Crippen LogP contribution < -0.4 is 0 Å². The molecule has 4 heteroatoms. The Balaban J connectivity index is 2.18. The second-order valence-corrected chi connectivity index (χ2v) is 3.91. The van der Waals surface area contributed by atoms with Crippen molar-refractivity contribution >= 4 is 17.7 Å². The molecule has 0 unspecified atom stereocenters. The van der Waals surface area contributed by atoms with Crippen LogP contribution in [-0.4, -0.2) is 23.4 Å². The van der Waals surface area contributed by atoms with E-state index in [-0.39, 0.29) is 5.76 Å². The highest BCUT2D eigenvalue weighted by molar-refractivity contribution is 7.99. The highest BCUT2D eigenvalue weighted by Crippen LogP contribution is 2.16. The van der Waals surface area contributed by atoms with Crippen LogP contribution in [0.4, 0.5) is 0 Å². The summed E-state index contributed by atoms with van der Waals surface area (Å²) in [7, 11) is 0. The third-order valence-electron chi connectivity index (χ3n) is 1.61. The van der Waals surface area contributed by atoms with Crippen molar-refractivity contribution in [2.75, 3.05) is 12.4 Å². The number of rotatable bonds is 6. The van der Waals surface area contributed by atoms with Gasteiger partial charge in [0.15, 0.2) is 5.76 Å². The standard InChI is InChI=1S/C11H12O3S/c1-9(11(12)13)14-7-8-15-10-5-3-2-4-6-10/h2-6H,1,7-8H2,(H,12,13). The third kappa shape index (κ3) is 4.56. The quantitative estimate of drug-likeness (QED) is 0.349. The maximum Gasteiger partial charge on any atom is 0.370 e. The van der Waals surface area contributed by atoms with Crippen molar-refractivity contribution in [1.82, 2.24) is 0 Å². The van der Waals surface area contributed by atoms with Crippen LogP contribution in [0.1, 0.15) is 0 Å². The Morgan fingerprint density at radius 2 is 2.07 bits per heavy atom. The molecule has 0 aliphatic carbocycles. The van der Waals surface area contributed by atoms with E-state index in [4.69, 9.17) is 9.84 Å². The number of thioether (sulfide) groups is 1. The smallest absolute Gasteiger partial charge is 0.370 e. The van der Waals surface area contributed by atoms with Gasteiger partial charge in [0, 0.05) is 10.6 Å². The van der Waals surface area contributed by atoms with Crippen LogP contribution in [0.3, 0.4) is 0 Å². The van der Waals surface area contributed by atoms with Crippen LogP contribution >= 0.6 is 11.8 Å². The van der Waals surface area contributed by atoms with E-state index in [2.05, 4.69) is 6.58 Å². The number of benzene rings is 1. The molecule has 1 aromatic rings. The average molecular weight is 224 g/mol. The van der Waals surface area contributed by atoms with Crippen molar-refractivity contribution < 1.29 is 14.6 Å². The Morgan fingerprint density at radius 3 is 2.67 bits per heavy atom. The van der Waals surface area contributed by atoms with Gasteiger partial charge >= 0.3 is 5.97 Å². The maximum atomic E-state index is 10.3. The van der Waals surface area contributed by atoms with Gasteiger partial charge in [0.05, 0.1) is 6.61 Å². The number of carbonyl (C=O) groups is 1. The number of ether oxygens (including phenoxy) is 1. The summed E-state index contributed by atoms with van der Waals surface area (Å²) >= 11 is 1.62. The predicted octanol–water partition coefficient (Wildman–Crippen LogP) is 2.39. The number of hydrogen-bond acceptors (Lipinski definition) is 3. The molecule has 0 bridgehead atoms. The fourth-order valence-corrected chi connectivity index (χ4v) is 1.65. The molecule has 0 heterocycles. The fraction of sp³-hybridized carbons (Fsp3) is 0.182. The molecule has 0 aromatic heterocycles. The molecule has 0 radical (unpaired) electrons. The van der Waals surface area contributed by atoms with Crippen molar-refractivity contribution in [3.05, 3.63) is 42.7 Å². The molecular weight excluding hydrogens is 212 g/mol. The Morgan fingerprint density at radius 1 is 1.40 bits per heavy atom. The minimum atomic E-state index is -1.11. The van der Waals surface area contributed by atoms with E-state index in [1.54, 1.807) is 11.8 Å². The van der Waals surface area contributed by atoms with Crippen molar-refractivity contribution in [1.29, 1.82) is 0 Å². The van der Waals surface area contributed by atoms with Crippen LogP contribution in [0.15, 0.2) is 47.6 Å². The van der Waals surface area contributed by atoms with E-state index < -0.39 is 5.97 Å². The molecule has 0 saturated heterocycles. The molecule has 3 nitrogen and oxygen atoms in total. The van der Waals surface area contributed by atoms with E-state index in [9.17, 15) is 4.79 Å². The fourth-order valence-electron chi connectivity index (χ4n) is 0.903. The predicted molar refractivity (Wildman–Crippen MR) is 59.9 cm³/mol. The van der Waals surface area contributed by atoms with E-state index in [0.717, 1.165) is 4.90 Å². The first-order chi connectivity index (χ1) is 7.20. The van der Waals surface area contributed by atoms with Gasteiger partial charge in [-0.15, -0.1) is 11.8 Å². The van der Waals surface area contributed by atoms with Crippen LogP contribution in [0.25, 0.3) is 0 Å². The Hall–Kier alpha value is -1.42. The first-order valence-electron chi connectivity index (χ1n) is 4.43. The molecular formula is C11H12O3S. The molecule has 0 aliphatic rings. The molecule has 0 saturated carbocycles. The van der Waals surface area contributed by atoms with Gasteiger partial charge in [0.2, 0.25) is 0 Å². The summed E-state index contributed by atoms with van der Waals surface area (Å²) in [5.74, 6) is -0.612. The molecule has 15 heavy (non-hydrogen) atoms. The summed E-state index contributed by atoms with van der Waals surface area (Å²) in [5, 5.41) is 8.47. The molecule has 80 valence electrons. The van der Waals surface area contributed by atoms with Crippen molar-refractivity contribution in [2.45, 2.75) is 4.90 Å². The van der Waals surface area contributed by atoms with E-state index >= 15 is 0 Å². The summed E-state index contributed by atoms with van der Waals surface area (Å²) < 4.78 is 4.91. The van der Waals surface area contributed by atoms with Crippen molar-refractivity contribution in [3.63, 3.8) is 0 Å². The summed E-state index contributed by atoms with van der Waals surface area (Å²) in [4.78, 5) is 11.5. The van der Waals surface area contributed by atoms with Crippen LogP contribution in [0, 0.1) is 0 Å². The lowest BCUT2D eigenvalue weighted by Crippen LogP contribution is -2.05. The van der Waals surface area contributed by atoms with Gasteiger partial charge in [-0.25, -0.2) is 4.79 Å². The second kappa shape index (κ2) is 6.14. The van der Waals surface area contributed by atoms with E-state index in [1.165, 1.54) is 0 Å². The lowest BCUT2D eigenvalue weighted by molar-refractivity contribution is -0.136. The largest absolute Gasteiger partial charge is 0.486 e. The molecule has 0 fully saturated rings. The van der Waals surface area contributed by atoms with Crippen molar-refractivity contribution in [2.24, 2.45) is 0 Å². The minimum absolute atomic E-state index is 0.205. The zero-order chi connectivity index (χ0) is 11.1. The zero-order valence-corrected chi connectivity index (χ0v) is 9.00. The number of carboxylic acids is 1. The number of hydrogen-bond donors (Lipinski definition) is 1. The molecule has 1 rings (SSSR count). The Kier molecular flexibility index (Phi) is 4.77. The summed E-state index contributed by atoms with van der Waals surface area (Å²) in [6.07, 6.45) is 0. The van der Waals surface area contributed by atoms with Gasteiger partial charge in [-0.05, 0) is 18.7 Å². The van der Waals surface area contributed by atoms with Gasteiger partial charge in [-0.1, -0.05) is 18.2 Å². The first kappa shape index (κ1) is 11.7. The van der Waals surface area contributed by atoms with Gasteiger partial charge in [-0.2, -0.15) is 0 Å². The normalized spacial score (nSPS) is 9.60. The maximum absolute atomic E-state index is 10.3. The topological polar surface area (TPSA) is 46.5 Å². The highest BCUT2D eigenvalue weighted by atomic mass is 32.2. The lowest BCUT2D eigenvalue weighted by Gasteiger charge is -2.04. The molecule has 0 spiro atoms.